The van der Waals surface area contributed by atoms with E-state index in [2.05, 4.69) is 4.98 Å². The Kier molecular flexibility index (Phi) is 2.68. The van der Waals surface area contributed by atoms with Crippen LogP contribution < -0.4 is 11.5 Å². The number of aromatic amines is 1. The number of carbonyl (C=O) groups is 1. The Bertz CT molecular complexity index is 519. The molecule has 0 saturated carbocycles. The largest absolute Gasteiger partial charge is 0.449 e. The van der Waals surface area contributed by atoms with Gasteiger partial charge in [0, 0.05) is 29.2 Å². The van der Waals surface area contributed by atoms with E-state index in [1.165, 1.54) is 0 Å². The lowest BCUT2D eigenvalue weighted by Crippen LogP contribution is -2.14. The number of hydrogen-bond donors (Lipinski definition) is 3. The average molecular weight is 219 g/mol. The summed E-state index contributed by atoms with van der Waals surface area (Å²) in [7, 11) is 0. The van der Waals surface area contributed by atoms with Crippen LogP contribution >= 0.6 is 0 Å². The third-order valence-electron chi connectivity index (χ3n) is 2.39. The maximum Gasteiger partial charge on any atom is 0.404 e. The van der Waals surface area contributed by atoms with Crippen molar-refractivity contribution in [3.8, 4) is 0 Å². The van der Waals surface area contributed by atoms with Gasteiger partial charge in [0.25, 0.3) is 0 Å². The lowest BCUT2D eigenvalue weighted by molar-refractivity contribution is 0.158. The van der Waals surface area contributed by atoms with Crippen LogP contribution in [0, 0.1) is 0 Å². The normalized spacial score (nSPS) is 10.5. The first-order valence-corrected chi connectivity index (χ1v) is 4.94. The molecule has 0 aliphatic heterocycles. The van der Waals surface area contributed by atoms with Gasteiger partial charge in [-0.3, -0.25) is 0 Å². The Labute approximate surface area is 92.4 Å². The van der Waals surface area contributed by atoms with E-state index in [1.54, 1.807) is 0 Å². The van der Waals surface area contributed by atoms with Gasteiger partial charge in [-0.2, -0.15) is 0 Å². The molecule has 2 aromatic rings. The van der Waals surface area contributed by atoms with Crippen LogP contribution in [0.2, 0.25) is 0 Å². The first kappa shape index (κ1) is 10.4. The summed E-state index contributed by atoms with van der Waals surface area (Å²) in [6.45, 7) is 0.263. The molecule has 5 heteroatoms. The van der Waals surface area contributed by atoms with Crippen molar-refractivity contribution in [1.29, 1.82) is 0 Å². The van der Waals surface area contributed by atoms with E-state index in [9.17, 15) is 4.79 Å². The molecule has 0 spiro atoms. The van der Waals surface area contributed by atoms with Crippen LogP contribution in [-0.4, -0.2) is 17.7 Å². The van der Waals surface area contributed by atoms with Gasteiger partial charge < -0.3 is 21.2 Å². The Hall–Kier alpha value is -2.17. The van der Waals surface area contributed by atoms with Gasteiger partial charge >= 0.3 is 6.09 Å². The first-order chi connectivity index (χ1) is 7.66. The summed E-state index contributed by atoms with van der Waals surface area (Å²) in [5.41, 5.74) is 13.4. The molecular weight excluding hydrogens is 206 g/mol. The van der Waals surface area contributed by atoms with Crippen LogP contribution in [0.1, 0.15) is 5.56 Å². The van der Waals surface area contributed by atoms with Crippen LogP contribution in [0.4, 0.5) is 10.5 Å². The molecule has 2 rings (SSSR count). The van der Waals surface area contributed by atoms with Gasteiger partial charge in [0.2, 0.25) is 0 Å². The van der Waals surface area contributed by atoms with Crippen molar-refractivity contribution in [2.75, 3.05) is 12.3 Å². The van der Waals surface area contributed by atoms with Crippen molar-refractivity contribution < 1.29 is 9.53 Å². The zero-order valence-corrected chi connectivity index (χ0v) is 8.69. The minimum atomic E-state index is -0.755. The molecule has 1 aromatic carbocycles. The Morgan fingerprint density at radius 3 is 3.00 bits per heavy atom. The molecule has 1 amide bonds. The average Bonchev–Trinajstić information content (AvgIpc) is 2.64. The number of rotatable bonds is 3. The second kappa shape index (κ2) is 4.14. The minimum Gasteiger partial charge on any atom is -0.449 e. The predicted molar refractivity (Wildman–Crippen MR) is 62.0 cm³/mol. The molecule has 0 unspecified atom stereocenters. The number of nitrogens with two attached hydrogens (primary N) is 2. The molecule has 0 bridgehead atoms. The fourth-order valence-corrected chi connectivity index (χ4v) is 1.74. The number of H-pyrrole nitrogens is 1. The first-order valence-electron chi connectivity index (χ1n) is 4.94. The highest BCUT2D eigenvalue weighted by molar-refractivity contribution is 5.86. The van der Waals surface area contributed by atoms with E-state index < -0.39 is 6.09 Å². The van der Waals surface area contributed by atoms with E-state index in [-0.39, 0.29) is 6.61 Å². The number of benzene rings is 1. The summed E-state index contributed by atoms with van der Waals surface area (Å²) in [6, 6.07) is 5.71. The van der Waals surface area contributed by atoms with Crippen LogP contribution in [0.5, 0.6) is 0 Å². The maximum atomic E-state index is 10.4. The van der Waals surface area contributed by atoms with Gasteiger partial charge in [-0.1, -0.05) is 0 Å². The third kappa shape index (κ3) is 2.08. The molecule has 0 fully saturated rings. The molecule has 0 saturated heterocycles. The van der Waals surface area contributed by atoms with E-state index in [4.69, 9.17) is 16.2 Å². The van der Waals surface area contributed by atoms with E-state index in [0.29, 0.717) is 12.1 Å². The highest BCUT2D eigenvalue weighted by atomic mass is 16.5. The molecule has 0 aliphatic rings. The standard InChI is InChI=1S/C11H13N3O2/c12-8-5-7(2-4-16-11(13)15)9-1-3-14-10(9)6-8/h1,3,5-6,14H,2,4,12H2,(H2,13,15). The monoisotopic (exact) mass is 219 g/mol. The van der Waals surface area contributed by atoms with Crippen LogP contribution in [0.3, 0.4) is 0 Å². The van der Waals surface area contributed by atoms with Crippen molar-refractivity contribution in [3.05, 3.63) is 30.0 Å². The Balaban J connectivity index is 2.22. The Morgan fingerprint density at radius 1 is 1.44 bits per heavy atom. The zero-order valence-electron chi connectivity index (χ0n) is 8.69. The van der Waals surface area contributed by atoms with Gasteiger partial charge in [-0.05, 0) is 23.8 Å². The second-order valence-corrected chi connectivity index (χ2v) is 3.54. The van der Waals surface area contributed by atoms with Gasteiger partial charge in [0.1, 0.15) is 0 Å². The molecule has 0 atom stereocenters. The summed E-state index contributed by atoms with van der Waals surface area (Å²) in [5, 5.41) is 1.09. The number of hydrogen-bond acceptors (Lipinski definition) is 3. The van der Waals surface area contributed by atoms with Crippen LogP contribution in [-0.2, 0) is 11.2 Å². The lowest BCUT2D eigenvalue weighted by atomic mass is 10.1. The number of nitrogen functional groups attached to an aromatic ring is 1. The van der Waals surface area contributed by atoms with Gasteiger partial charge in [0.15, 0.2) is 0 Å². The van der Waals surface area contributed by atoms with Crippen LogP contribution in [0.25, 0.3) is 10.9 Å². The van der Waals surface area contributed by atoms with Crippen molar-refractivity contribution in [1.82, 2.24) is 4.98 Å². The van der Waals surface area contributed by atoms with Crippen LogP contribution in [0.15, 0.2) is 24.4 Å². The number of nitrogens with one attached hydrogen (secondary N) is 1. The SMILES string of the molecule is NC(=O)OCCc1cc(N)cc2[nH]ccc12. The quantitative estimate of drug-likeness (QED) is 0.681. The molecule has 5 N–H and O–H groups in total. The smallest absolute Gasteiger partial charge is 0.404 e. The lowest BCUT2D eigenvalue weighted by Gasteiger charge is -2.05. The third-order valence-corrected chi connectivity index (χ3v) is 2.39. The topological polar surface area (TPSA) is 94.1 Å². The molecule has 0 aliphatic carbocycles. The number of carbonyl (C=O) groups excluding carboxylic acids is 1. The highest BCUT2D eigenvalue weighted by Crippen LogP contribution is 2.21. The molecule has 5 nitrogen and oxygen atoms in total. The van der Waals surface area contributed by atoms with Crippen molar-refractivity contribution in [2.24, 2.45) is 5.73 Å². The fraction of sp³-hybridized carbons (Fsp3) is 0.182. The van der Waals surface area contributed by atoms with Gasteiger partial charge in [-0.15, -0.1) is 0 Å². The molecule has 1 aromatic heterocycles. The van der Waals surface area contributed by atoms with E-state index in [0.717, 1.165) is 16.5 Å². The minimum absolute atomic E-state index is 0.263. The van der Waals surface area contributed by atoms with Crippen molar-refractivity contribution >= 4 is 22.7 Å². The highest BCUT2D eigenvalue weighted by Gasteiger charge is 2.04. The molecule has 16 heavy (non-hydrogen) atoms. The number of anilines is 1. The maximum absolute atomic E-state index is 10.4. The molecule has 84 valence electrons. The summed E-state index contributed by atoms with van der Waals surface area (Å²) in [5.74, 6) is 0. The summed E-state index contributed by atoms with van der Waals surface area (Å²) in [4.78, 5) is 13.5. The van der Waals surface area contributed by atoms with Crippen molar-refractivity contribution in [2.45, 2.75) is 6.42 Å². The zero-order chi connectivity index (χ0) is 11.5. The molecule has 1 heterocycles. The molecular formula is C11H13N3O2. The number of amides is 1. The fourth-order valence-electron chi connectivity index (χ4n) is 1.74. The Morgan fingerprint density at radius 2 is 2.25 bits per heavy atom. The number of ether oxygens (including phenoxy) is 1. The van der Waals surface area contributed by atoms with Gasteiger partial charge in [-0.25, -0.2) is 4.79 Å². The number of fused-ring (bicyclic) bond motifs is 1. The van der Waals surface area contributed by atoms with E-state index >= 15 is 0 Å². The molecule has 0 radical (unpaired) electrons. The predicted octanol–water partition coefficient (Wildman–Crippen LogP) is 1.39. The summed E-state index contributed by atoms with van der Waals surface area (Å²) >= 11 is 0. The number of aromatic nitrogens is 1. The summed E-state index contributed by atoms with van der Waals surface area (Å²) in [6.07, 6.45) is 1.69. The van der Waals surface area contributed by atoms with Gasteiger partial charge in [0.05, 0.1) is 6.61 Å². The summed E-state index contributed by atoms with van der Waals surface area (Å²) < 4.78 is 4.70. The van der Waals surface area contributed by atoms with E-state index in [1.807, 2.05) is 24.4 Å². The van der Waals surface area contributed by atoms with Crippen molar-refractivity contribution in [3.63, 3.8) is 0 Å². The number of primary amides is 1. The second-order valence-electron chi connectivity index (χ2n) is 3.54.